The average Bonchev–Trinajstić information content (AvgIpc) is 2.77. The molecule has 0 aliphatic rings. The number of pyridine rings is 1. The highest BCUT2D eigenvalue weighted by atomic mass is 32.2. The summed E-state index contributed by atoms with van der Waals surface area (Å²) in [6, 6.07) is 7.86. The lowest BCUT2D eigenvalue weighted by molar-refractivity contribution is 0.584. The number of imidazole rings is 1. The van der Waals surface area contributed by atoms with Crippen LogP contribution in [0.3, 0.4) is 0 Å². The van der Waals surface area contributed by atoms with E-state index in [4.69, 9.17) is 0 Å². The highest BCUT2D eigenvalue weighted by Gasteiger charge is 2.16. The molecule has 0 aliphatic heterocycles. The molecule has 0 unspecified atom stereocenters. The normalized spacial score (nSPS) is 11.7. The van der Waals surface area contributed by atoms with E-state index in [1.807, 2.05) is 0 Å². The molecule has 108 valence electrons. The van der Waals surface area contributed by atoms with E-state index in [9.17, 15) is 17.6 Å². The summed E-state index contributed by atoms with van der Waals surface area (Å²) in [7, 11) is -3.93. The first-order valence-corrected chi connectivity index (χ1v) is 7.30. The number of aromatic amines is 2. The number of hydrogen-bond donors (Lipinski definition) is 3. The molecule has 2 aromatic heterocycles. The summed E-state index contributed by atoms with van der Waals surface area (Å²) in [5.41, 5.74) is 0.414. The van der Waals surface area contributed by atoms with Crippen molar-refractivity contribution in [3.63, 3.8) is 0 Å². The van der Waals surface area contributed by atoms with Gasteiger partial charge in [-0.1, -0.05) is 6.07 Å². The number of rotatable bonds is 3. The Hall–Kier alpha value is -2.68. The summed E-state index contributed by atoms with van der Waals surface area (Å²) >= 11 is 0. The number of benzene rings is 1. The monoisotopic (exact) mass is 308 g/mol. The van der Waals surface area contributed by atoms with Crippen LogP contribution in [0, 0.1) is 5.95 Å². The summed E-state index contributed by atoms with van der Waals surface area (Å²) in [4.78, 5) is 19.5. The summed E-state index contributed by atoms with van der Waals surface area (Å²) in [6.07, 6.45) is 0. The maximum atomic E-state index is 13.0. The molecule has 0 aliphatic carbocycles. The molecule has 1 aromatic carbocycles. The quantitative estimate of drug-likeness (QED) is 0.632. The van der Waals surface area contributed by atoms with Crippen LogP contribution in [-0.2, 0) is 10.0 Å². The Morgan fingerprint density at radius 1 is 1.10 bits per heavy atom. The zero-order valence-electron chi connectivity index (χ0n) is 10.4. The van der Waals surface area contributed by atoms with Crippen LogP contribution < -0.4 is 10.4 Å². The standard InChI is InChI=1S/C12H9FN4O3S/c13-10-2-1-3-11(16-10)17-21(19,20)7-4-5-8-9(6-7)15-12(18)14-8/h1-6H,(H,16,17)(H2,14,15,18). The first kappa shape index (κ1) is 13.3. The largest absolute Gasteiger partial charge is 0.323 e. The van der Waals surface area contributed by atoms with Crippen molar-refractivity contribution >= 4 is 26.9 Å². The van der Waals surface area contributed by atoms with Gasteiger partial charge in [-0.25, -0.2) is 18.2 Å². The number of nitrogens with zero attached hydrogens (tertiary/aromatic N) is 1. The minimum absolute atomic E-state index is 0.0729. The van der Waals surface area contributed by atoms with Gasteiger partial charge in [0.05, 0.1) is 15.9 Å². The summed E-state index contributed by atoms with van der Waals surface area (Å²) in [5.74, 6) is -0.918. The lowest BCUT2D eigenvalue weighted by Crippen LogP contribution is -2.14. The van der Waals surface area contributed by atoms with Gasteiger partial charge in [-0.3, -0.25) is 4.72 Å². The number of H-pyrrole nitrogens is 2. The Balaban J connectivity index is 2.01. The number of sulfonamides is 1. The van der Waals surface area contributed by atoms with E-state index in [2.05, 4.69) is 19.7 Å². The molecule has 0 saturated carbocycles. The Labute approximate surface area is 117 Å². The molecule has 0 atom stereocenters. The van der Waals surface area contributed by atoms with Crippen molar-refractivity contribution in [1.82, 2.24) is 15.0 Å². The van der Waals surface area contributed by atoms with Crippen molar-refractivity contribution < 1.29 is 12.8 Å². The van der Waals surface area contributed by atoms with E-state index in [0.29, 0.717) is 11.0 Å². The van der Waals surface area contributed by atoms with Gasteiger partial charge in [0.25, 0.3) is 10.0 Å². The summed E-state index contributed by atoms with van der Waals surface area (Å²) in [6.45, 7) is 0. The third-order valence-electron chi connectivity index (χ3n) is 2.75. The SMILES string of the molecule is O=c1[nH]c2ccc(S(=O)(=O)Nc3cccc(F)n3)cc2[nH]1. The maximum Gasteiger partial charge on any atom is 0.323 e. The molecule has 0 amide bonds. The second kappa shape index (κ2) is 4.70. The molecular formula is C12H9FN4O3S. The zero-order chi connectivity index (χ0) is 15.0. The molecule has 3 aromatic rings. The first-order chi connectivity index (χ1) is 9.94. The van der Waals surface area contributed by atoms with E-state index in [-0.39, 0.29) is 10.7 Å². The molecule has 0 radical (unpaired) electrons. The number of fused-ring (bicyclic) bond motifs is 1. The van der Waals surface area contributed by atoms with Crippen LogP contribution in [0.2, 0.25) is 0 Å². The number of hydrogen-bond acceptors (Lipinski definition) is 4. The fourth-order valence-electron chi connectivity index (χ4n) is 1.84. The van der Waals surface area contributed by atoms with Gasteiger partial charge in [0.2, 0.25) is 5.95 Å². The fraction of sp³-hybridized carbons (Fsp3) is 0. The van der Waals surface area contributed by atoms with Gasteiger partial charge in [-0.15, -0.1) is 0 Å². The maximum absolute atomic E-state index is 13.0. The van der Waals surface area contributed by atoms with Crippen molar-refractivity contribution in [1.29, 1.82) is 0 Å². The van der Waals surface area contributed by atoms with Gasteiger partial charge in [0, 0.05) is 0 Å². The minimum atomic E-state index is -3.93. The van der Waals surface area contributed by atoms with E-state index in [0.717, 1.165) is 6.07 Å². The molecule has 0 fully saturated rings. The molecule has 7 nitrogen and oxygen atoms in total. The Kier molecular flexibility index (Phi) is 2.98. The van der Waals surface area contributed by atoms with E-state index >= 15 is 0 Å². The Morgan fingerprint density at radius 2 is 1.86 bits per heavy atom. The number of nitrogens with one attached hydrogen (secondary N) is 3. The third-order valence-corrected chi connectivity index (χ3v) is 4.10. The van der Waals surface area contributed by atoms with Crippen LogP contribution in [-0.4, -0.2) is 23.4 Å². The Bertz CT molecular complexity index is 977. The predicted molar refractivity (Wildman–Crippen MR) is 73.9 cm³/mol. The lowest BCUT2D eigenvalue weighted by atomic mass is 10.3. The Morgan fingerprint density at radius 3 is 2.62 bits per heavy atom. The van der Waals surface area contributed by atoms with Gasteiger partial charge >= 0.3 is 5.69 Å². The number of halogens is 1. The van der Waals surface area contributed by atoms with Crippen molar-refractivity contribution in [2.24, 2.45) is 0 Å². The second-order valence-electron chi connectivity index (χ2n) is 4.24. The topological polar surface area (TPSA) is 108 Å². The highest BCUT2D eigenvalue weighted by molar-refractivity contribution is 7.92. The van der Waals surface area contributed by atoms with E-state index < -0.39 is 21.7 Å². The molecule has 21 heavy (non-hydrogen) atoms. The van der Waals surface area contributed by atoms with Crippen LogP contribution in [0.1, 0.15) is 0 Å². The van der Waals surface area contributed by atoms with Crippen molar-refractivity contribution in [2.75, 3.05) is 4.72 Å². The van der Waals surface area contributed by atoms with E-state index in [1.54, 1.807) is 0 Å². The first-order valence-electron chi connectivity index (χ1n) is 5.81. The van der Waals surface area contributed by atoms with Crippen molar-refractivity contribution in [3.8, 4) is 0 Å². The van der Waals surface area contributed by atoms with Crippen molar-refractivity contribution in [2.45, 2.75) is 4.90 Å². The van der Waals surface area contributed by atoms with Crippen LogP contribution in [0.15, 0.2) is 46.1 Å². The average molecular weight is 308 g/mol. The molecule has 2 heterocycles. The van der Waals surface area contributed by atoms with Crippen LogP contribution >= 0.6 is 0 Å². The molecule has 0 bridgehead atoms. The second-order valence-corrected chi connectivity index (χ2v) is 5.92. The smallest absolute Gasteiger partial charge is 0.306 e. The summed E-state index contributed by atoms with van der Waals surface area (Å²) < 4.78 is 39.5. The van der Waals surface area contributed by atoms with Crippen LogP contribution in [0.25, 0.3) is 11.0 Å². The van der Waals surface area contributed by atoms with Gasteiger partial charge < -0.3 is 9.97 Å². The highest BCUT2D eigenvalue weighted by Crippen LogP contribution is 2.18. The molecule has 0 spiro atoms. The molecule has 9 heteroatoms. The lowest BCUT2D eigenvalue weighted by Gasteiger charge is -2.07. The van der Waals surface area contributed by atoms with E-state index in [1.165, 1.54) is 30.3 Å². The van der Waals surface area contributed by atoms with Gasteiger partial charge in [-0.2, -0.15) is 4.39 Å². The third kappa shape index (κ3) is 2.63. The van der Waals surface area contributed by atoms with Gasteiger partial charge in [0.1, 0.15) is 5.82 Å². The van der Waals surface area contributed by atoms with Crippen molar-refractivity contribution in [3.05, 3.63) is 52.8 Å². The van der Waals surface area contributed by atoms with Crippen LogP contribution in [0.5, 0.6) is 0 Å². The fourth-order valence-corrected chi connectivity index (χ4v) is 2.87. The summed E-state index contributed by atoms with van der Waals surface area (Å²) in [5, 5.41) is 0. The molecular weight excluding hydrogens is 299 g/mol. The predicted octanol–water partition coefficient (Wildman–Crippen LogP) is 1.19. The molecule has 0 saturated heterocycles. The number of anilines is 1. The minimum Gasteiger partial charge on any atom is -0.306 e. The van der Waals surface area contributed by atoms with Crippen LogP contribution in [0.4, 0.5) is 10.2 Å². The molecule has 3 rings (SSSR count). The number of aromatic nitrogens is 3. The van der Waals surface area contributed by atoms with Gasteiger partial charge in [0.15, 0.2) is 0 Å². The van der Waals surface area contributed by atoms with Gasteiger partial charge in [-0.05, 0) is 30.3 Å². The zero-order valence-corrected chi connectivity index (χ0v) is 11.2. The molecule has 3 N–H and O–H groups in total.